The van der Waals surface area contributed by atoms with Crippen molar-refractivity contribution in [1.82, 2.24) is 0 Å². The van der Waals surface area contributed by atoms with Crippen molar-refractivity contribution in [2.45, 2.75) is 38.9 Å². The van der Waals surface area contributed by atoms with Gasteiger partial charge in [-0.05, 0) is 0 Å². The van der Waals surface area contributed by atoms with Gasteiger partial charge in [0.2, 0.25) is 0 Å². The number of hydrogen-bond acceptors (Lipinski definition) is 2. The quantitative estimate of drug-likeness (QED) is 0.253. The zero-order valence-electron chi connectivity index (χ0n) is 20.0. The Balaban J connectivity index is 1.46. The van der Waals surface area contributed by atoms with Crippen molar-refractivity contribution in [3.8, 4) is 22.3 Å². The summed E-state index contributed by atoms with van der Waals surface area (Å²) >= 11 is 0.180. The van der Waals surface area contributed by atoms with E-state index in [1.807, 2.05) is 0 Å². The normalized spacial score (nSPS) is 17.0. The van der Waals surface area contributed by atoms with Crippen LogP contribution in [0.4, 0.5) is 0 Å². The fourth-order valence-electron chi connectivity index (χ4n) is 4.70. The molecule has 6 rings (SSSR count). The first kappa shape index (κ1) is 21.9. The molecule has 1 saturated heterocycles. The molecule has 0 saturated carbocycles. The van der Waals surface area contributed by atoms with E-state index in [9.17, 15) is 0 Å². The third kappa shape index (κ3) is 3.49. The van der Waals surface area contributed by atoms with Crippen LogP contribution in [0.3, 0.4) is 0 Å². The first-order chi connectivity index (χ1) is 16.3. The van der Waals surface area contributed by atoms with E-state index in [4.69, 9.17) is 9.31 Å². The molecule has 34 heavy (non-hydrogen) atoms. The molecule has 0 radical (unpaired) electrons. The second-order valence-corrected chi connectivity index (χ2v) is 12.2. The van der Waals surface area contributed by atoms with Crippen LogP contribution < -0.4 is 5.46 Å². The first-order valence-electron chi connectivity index (χ1n) is 11.8. The van der Waals surface area contributed by atoms with E-state index in [2.05, 4.69) is 119 Å². The van der Waals surface area contributed by atoms with Gasteiger partial charge in [0, 0.05) is 0 Å². The Kier molecular flexibility index (Phi) is 5.13. The van der Waals surface area contributed by atoms with Gasteiger partial charge in [0.25, 0.3) is 0 Å². The van der Waals surface area contributed by atoms with Crippen LogP contribution >= 0.6 is 0 Å². The number of fused-ring (bicyclic) bond motifs is 3. The molecule has 0 bridgehead atoms. The molecule has 168 valence electrons. The molecule has 2 heterocycles. The summed E-state index contributed by atoms with van der Waals surface area (Å²) in [4.78, 5) is 0. The Bertz CT molecular complexity index is 1480. The molecule has 1 aromatic heterocycles. The van der Waals surface area contributed by atoms with Crippen molar-refractivity contribution in [1.29, 1.82) is 0 Å². The Morgan fingerprint density at radius 2 is 1.12 bits per heavy atom. The topological polar surface area (TPSA) is 18.5 Å². The van der Waals surface area contributed by atoms with Gasteiger partial charge in [0.05, 0.1) is 0 Å². The second-order valence-electron chi connectivity index (χ2n) is 10.0. The number of benzene rings is 4. The molecule has 4 heteroatoms. The molecular formula is C30H27BO2Se. The third-order valence-electron chi connectivity index (χ3n) is 7.37. The summed E-state index contributed by atoms with van der Waals surface area (Å²) in [5.41, 5.74) is 5.58. The van der Waals surface area contributed by atoms with Crippen molar-refractivity contribution in [3.05, 3.63) is 91.0 Å². The minimum absolute atomic E-state index is 0.180. The van der Waals surface area contributed by atoms with Gasteiger partial charge < -0.3 is 0 Å². The van der Waals surface area contributed by atoms with Gasteiger partial charge in [-0.1, -0.05) is 0 Å². The summed E-state index contributed by atoms with van der Waals surface area (Å²) in [5.74, 6) is 0. The summed E-state index contributed by atoms with van der Waals surface area (Å²) in [5, 5.41) is 2.67. The van der Waals surface area contributed by atoms with Crippen molar-refractivity contribution in [3.63, 3.8) is 0 Å². The van der Waals surface area contributed by atoms with Crippen LogP contribution in [0.25, 0.3) is 41.5 Å². The molecule has 4 aromatic carbocycles. The van der Waals surface area contributed by atoms with E-state index in [0.717, 1.165) is 0 Å². The van der Waals surface area contributed by atoms with E-state index in [-0.39, 0.29) is 32.8 Å². The summed E-state index contributed by atoms with van der Waals surface area (Å²) in [6.07, 6.45) is 0. The summed E-state index contributed by atoms with van der Waals surface area (Å²) in [6, 6.07) is 32.8. The molecule has 0 unspecified atom stereocenters. The van der Waals surface area contributed by atoms with Gasteiger partial charge in [-0.15, -0.1) is 0 Å². The fraction of sp³-hybridized carbons (Fsp3) is 0.200. The predicted molar refractivity (Wildman–Crippen MR) is 145 cm³/mol. The number of rotatable bonds is 3. The van der Waals surface area contributed by atoms with Crippen molar-refractivity contribution < 1.29 is 9.31 Å². The SMILES string of the molecule is CC1(C)OB(c2cccc3c2[se]c2c(-c4ccc(-c5ccccc5)cc4)cccc23)OC1(C)C. The van der Waals surface area contributed by atoms with E-state index >= 15 is 0 Å². The molecule has 1 fully saturated rings. The van der Waals surface area contributed by atoms with Crippen LogP contribution in [0.1, 0.15) is 27.7 Å². The summed E-state index contributed by atoms with van der Waals surface area (Å²) in [6.45, 7) is 8.47. The van der Waals surface area contributed by atoms with Gasteiger partial charge >= 0.3 is 208 Å². The summed E-state index contributed by atoms with van der Waals surface area (Å²) < 4.78 is 15.7. The molecule has 0 spiro atoms. The van der Waals surface area contributed by atoms with Gasteiger partial charge in [-0.3, -0.25) is 0 Å². The predicted octanol–water partition coefficient (Wildman–Crippen LogP) is 6.68. The maximum atomic E-state index is 6.43. The fourth-order valence-corrected chi connectivity index (χ4v) is 7.55. The summed E-state index contributed by atoms with van der Waals surface area (Å²) in [7, 11) is -0.329. The van der Waals surface area contributed by atoms with Crippen molar-refractivity contribution in [2.24, 2.45) is 0 Å². The van der Waals surface area contributed by atoms with E-state index in [1.165, 1.54) is 47.0 Å². The van der Waals surface area contributed by atoms with Gasteiger partial charge in [-0.2, -0.15) is 0 Å². The molecule has 0 aliphatic carbocycles. The van der Waals surface area contributed by atoms with Crippen LogP contribution in [-0.4, -0.2) is 32.8 Å². The molecule has 0 amide bonds. The molecular weight excluding hydrogens is 482 g/mol. The molecule has 0 atom stereocenters. The molecule has 1 aliphatic heterocycles. The molecule has 5 aromatic rings. The number of hydrogen-bond donors (Lipinski definition) is 0. The zero-order valence-corrected chi connectivity index (χ0v) is 21.7. The van der Waals surface area contributed by atoms with E-state index in [0.29, 0.717) is 0 Å². The third-order valence-corrected chi connectivity index (χ3v) is 10.1. The second kappa shape index (κ2) is 7.97. The van der Waals surface area contributed by atoms with Gasteiger partial charge in [-0.25, -0.2) is 0 Å². The maximum absolute atomic E-state index is 6.43. The Morgan fingerprint density at radius 1 is 0.559 bits per heavy atom. The minimum atomic E-state index is -0.343. The van der Waals surface area contributed by atoms with E-state index < -0.39 is 0 Å². The van der Waals surface area contributed by atoms with Gasteiger partial charge in [0.1, 0.15) is 0 Å². The van der Waals surface area contributed by atoms with Crippen molar-refractivity contribution in [2.75, 3.05) is 0 Å². The Morgan fingerprint density at radius 3 is 1.79 bits per heavy atom. The van der Waals surface area contributed by atoms with Crippen LogP contribution in [0, 0.1) is 0 Å². The standard InChI is InChI=1S/C30H27BO2Se/c1-29(2)30(3,4)33-31(32-29)26-15-9-14-25-24-13-8-12-23(27(24)34-28(25)26)22-18-16-21(17-19-22)20-10-6-5-7-11-20/h5-19H,1-4H3. The molecule has 1 aliphatic rings. The molecule has 2 nitrogen and oxygen atoms in total. The van der Waals surface area contributed by atoms with Crippen LogP contribution in [0.5, 0.6) is 0 Å². The van der Waals surface area contributed by atoms with Crippen LogP contribution in [0.2, 0.25) is 0 Å². The zero-order chi connectivity index (χ0) is 23.5. The average Bonchev–Trinajstić information content (AvgIpc) is 3.33. The van der Waals surface area contributed by atoms with Crippen molar-refractivity contribution >= 4 is 46.4 Å². The Hall–Kier alpha value is -2.62. The monoisotopic (exact) mass is 510 g/mol. The average molecular weight is 509 g/mol. The molecule has 0 N–H and O–H groups in total. The van der Waals surface area contributed by atoms with Crippen LogP contribution in [-0.2, 0) is 9.31 Å². The van der Waals surface area contributed by atoms with E-state index in [1.54, 1.807) is 0 Å². The first-order valence-corrected chi connectivity index (χ1v) is 13.5. The van der Waals surface area contributed by atoms with Gasteiger partial charge in [0.15, 0.2) is 0 Å². The van der Waals surface area contributed by atoms with Crippen LogP contribution in [0.15, 0.2) is 91.0 Å². The Labute approximate surface area is 207 Å².